The minimum absolute atomic E-state index is 0.268. The van der Waals surface area contributed by atoms with Crippen LogP contribution >= 0.6 is 0 Å². The highest BCUT2D eigenvalue weighted by Crippen LogP contribution is 2.26. The summed E-state index contributed by atoms with van der Waals surface area (Å²) in [6.07, 6.45) is 0.813. The molecule has 0 unspecified atom stereocenters. The van der Waals surface area contributed by atoms with E-state index in [9.17, 15) is 32.5 Å². The average Bonchev–Trinajstić information content (AvgIpc) is 3.06. The number of carbonyl (C=O) groups is 2. The van der Waals surface area contributed by atoms with E-state index in [1.54, 1.807) is 43.5 Å². The first-order chi connectivity index (χ1) is 15.8. The van der Waals surface area contributed by atoms with E-state index in [0.717, 1.165) is 24.5 Å². The first kappa shape index (κ1) is 24.8. The molecule has 0 spiro atoms. The van der Waals surface area contributed by atoms with Crippen LogP contribution in [0.3, 0.4) is 0 Å². The standard InChI is InChI=1S/C23H21FN2O7S/c1-13-5-7-17(11-19(13)24)25-14(2)9-18(15(25)3)21(27)12-33-23(28)16-6-8-22(34(4,31)32)20(10-16)26(29)30/h5-11H,12H2,1-4H3. The number of carbonyl (C=O) groups excluding carboxylic acids is 2. The number of aromatic nitrogens is 1. The Bertz CT molecular complexity index is 1440. The van der Waals surface area contributed by atoms with Gasteiger partial charge in [0.2, 0.25) is 5.78 Å². The van der Waals surface area contributed by atoms with E-state index >= 15 is 0 Å². The molecule has 0 saturated heterocycles. The lowest BCUT2D eigenvalue weighted by Crippen LogP contribution is -2.15. The van der Waals surface area contributed by atoms with Crippen LogP contribution in [0.25, 0.3) is 5.69 Å². The number of aryl methyl sites for hydroxylation is 2. The van der Waals surface area contributed by atoms with Crippen molar-refractivity contribution in [3.8, 4) is 5.69 Å². The van der Waals surface area contributed by atoms with Crippen LogP contribution in [0, 0.1) is 36.7 Å². The van der Waals surface area contributed by atoms with Crippen molar-refractivity contribution < 1.29 is 32.1 Å². The largest absolute Gasteiger partial charge is 0.454 e. The fourth-order valence-electron chi connectivity index (χ4n) is 3.56. The van der Waals surface area contributed by atoms with E-state index in [-0.39, 0.29) is 16.9 Å². The summed E-state index contributed by atoms with van der Waals surface area (Å²) in [6, 6.07) is 9.11. The van der Waals surface area contributed by atoms with Gasteiger partial charge in [0.15, 0.2) is 16.4 Å². The number of nitrogens with zero attached hydrogens (tertiary/aromatic N) is 2. The summed E-state index contributed by atoms with van der Waals surface area (Å²) >= 11 is 0. The summed E-state index contributed by atoms with van der Waals surface area (Å²) in [4.78, 5) is 34.9. The zero-order valence-corrected chi connectivity index (χ0v) is 19.6. The molecular weight excluding hydrogens is 467 g/mol. The van der Waals surface area contributed by atoms with Crippen LogP contribution in [0.1, 0.15) is 37.7 Å². The predicted octanol–water partition coefficient (Wildman–Crippen LogP) is 3.89. The van der Waals surface area contributed by atoms with E-state index in [2.05, 4.69) is 0 Å². The number of nitro benzene ring substituents is 1. The van der Waals surface area contributed by atoms with Crippen molar-refractivity contribution in [1.82, 2.24) is 4.57 Å². The predicted molar refractivity (Wildman–Crippen MR) is 121 cm³/mol. The van der Waals surface area contributed by atoms with E-state index in [1.807, 2.05) is 0 Å². The second-order valence-electron chi connectivity index (χ2n) is 7.76. The number of benzene rings is 2. The molecule has 3 aromatic rings. The summed E-state index contributed by atoms with van der Waals surface area (Å²) in [6.45, 7) is 4.41. The summed E-state index contributed by atoms with van der Waals surface area (Å²) in [5.74, 6) is -1.93. The molecular formula is C23H21FN2O7S. The number of hydrogen-bond acceptors (Lipinski definition) is 7. The number of ketones is 1. The maximum absolute atomic E-state index is 14.0. The van der Waals surface area contributed by atoms with E-state index in [1.165, 1.54) is 6.07 Å². The van der Waals surface area contributed by atoms with Crippen molar-refractivity contribution in [1.29, 1.82) is 0 Å². The Labute approximate surface area is 194 Å². The molecule has 0 aliphatic rings. The van der Waals surface area contributed by atoms with Crippen LogP contribution in [0.2, 0.25) is 0 Å². The van der Waals surface area contributed by atoms with Crippen molar-refractivity contribution in [2.75, 3.05) is 12.9 Å². The Balaban J connectivity index is 1.81. The lowest BCUT2D eigenvalue weighted by Gasteiger charge is -2.11. The highest BCUT2D eigenvalue weighted by atomic mass is 32.2. The van der Waals surface area contributed by atoms with Crippen LogP contribution < -0.4 is 0 Å². The number of halogens is 1. The molecule has 0 atom stereocenters. The highest BCUT2D eigenvalue weighted by Gasteiger charge is 2.25. The Morgan fingerprint density at radius 3 is 2.35 bits per heavy atom. The molecule has 9 nitrogen and oxygen atoms in total. The van der Waals surface area contributed by atoms with E-state index in [4.69, 9.17) is 4.74 Å². The normalized spacial score (nSPS) is 11.3. The van der Waals surface area contributed by atoms with Crippen molar-refractivity contribution in [2.45, 2.75) is 25.7 Å². The quantitative estimate of drug-likeness (QED) is 0.214. The first-order valence-electron chi connectivity index (χ1n) is 9.95. The van der Waals surface area contributed by atoms with Crippen molar-refractivity contribution in [3.05, 3.63) is 86.5 Å². The molecule has 2 aromatic carbocycles. The van der Waals surface area contributed by atoms with Gasteiger partial charge >= 0.3 is 5.97 Å². The number of sulfone groups is 1. The Morgan fingerprint density at radius 1 is 1.09 bits per heavy atom. The third kappa shape index (κ3) is 4.88. The lowest BCUT2D eigenvalue weighted by molar-refractivity contribution is -0.387. The molecule has 178 valence electrons. The number of Topliss-reactive ketones (excluding diaryl/α,β-unsaturated/α-hetero) is 1. The molecule has 34 heavy (non-hydrogen) atoms. The molecule has 3 rings (SSSR count). The van der Waals surface area contributed by atoms with Gasteiger partial charge in [-0.2, -0.15) is 0 Å². The van der Waals surface area contributed by atoms with Gasteiger partial charge in [-0.1, -0.05) is 6.07 Å². The second-order valence-corrected chi connectivity index (χ2v) is 9.75. The molecule has 0 aliphatic carbocycles. The highest BCUT2D eigenvalue weighted by molar-refractivity contribution is 7.90. The summed E-state index contributed by atoms with van der Waals surface area (Å²) in [5.41, 5.74) is 1.44. The fraction of sp³-hybridized carbons (Fsp3) is 0.217. The van der Waals surface area contributed by atoms with Crippen molar-refractivity contribution >= 4 is 27.3 Å². The van der Waals surface area contributed by atoms with Crippen LogP contribution in [0.4, 0.5) is 10.1 Å². The van der Waals surface area contributed by atoms with Crippen molar-refractivity contribution in [2.24, 2.45) is 0 Å². The maximum atomic E-state index is 14.0. The minimum atomic E-state index is -3.89. The number of nitro groups is 1. The average molecular weight is 488 g/mol. The summed E-state index contributed by atoms with van der Waals surface area (Å²) in [5, 5.41) is 11.2. The Morgan fingerprint density at radius 2 is 1.76 bits per heavy atom. The van der Waals surface area contributed by atoms with Gasteiger partial charge in [-0.3, -0.25) is 14.9 Å². The van der Waals surface area contributed by atoms with Gasteiger partial charge in [0.25, 0.3) is 5.69 Å². The number of hydrogen-bond donors (Lipinski definition) is 0. The number of esters is 1. The second kappa shape index (κ2) is 9.18. The zero-order valence-electron chi connectivity index (χ0n) is 18.8. The SMILES string of the molecule is Cc1ccc(-n2c(C)cc(C(=O)COC(=O)c3ccc(S(C)(=O)=O)c([N+](=O)[O-])c3)c2C)cc1F. The third-order valence-electron chi connectivity index (χ3n) is 5.27. The zero-order chi connectivity index (χ0) is 25.4. The minimum Gasteiger partial charge on any atom is -0.454 e. The molecule has 1 aromatic heterocycles. The molecule has 0 fully saturated rings. The van der Waals surface area contributed by atoms with Gasteiger partial charge in [0.05, 0.1) is 10.5 Å². The molecule has 0 amide bonds. The molecule has 0 radical (unpaired) electrons. The third-order valence-corrected chi connectivity index (χ3v) is 6.41. The van der Waals surface area contributed by atoms with Crippen LogP contribution in [0.5, 0.6) is 0 Å². The molecule has 0 bridgehead atoms. The van der Waals surface area contributed by atoms with Crippen molar-refractivity contribution in [3.63, 3.8) is 0 Å². The number of rotatable bonds is 7. The summed E-state index contributed by atoms with van der Waals surface area (Å²) in [7, 11) is -3.89. The topological polar surface area (TPSA) is 126 Å². The summed E-state index contributed by atoms with van der Waals surface area (Å²) < 4.78 is 44.2. The van der Waals surface area contributed by atoms with Gasteiger partial charge in [0, 0.05) is 35.0 Å². The maximum Gasteiger partial charge on any atom is 0.338 e. The van der Waals surface area contributed by atoms with Gasteiger partial charge in [0.1, 0.15) is 10.7 Å². The van der Waals surface area contributed by atoms with Gasteiger partial charge in [-0.15, -0.1) is 0 Å². The molecule has 1 heterocycles. The Kier molecular flexibility index (Phi) is 6.69. The van der Waals surface area contributed by atoms with Gasteiger partial charge < -0.3 is 9.30 Å². The molecule has 0 N–H and O–H groups in total. The van der Waals surface area contributed by atoms with Gasteiger partial charge in [-0.25, -0.2) is 17.6 Å². The van der Waals surface area contributed by atoms with Crippen LogP contribution in [-0.4, -0.2) is 42.5 Å². The molecule has 11 heteroatoms. The van der Waals surface area contributed by atoms with Crippen LogP contribution in [-0.2, 0) is 14.6 Å². The van der Waals surface area contributed by atoms with E-state index in [0.29, 0.717) is 22.6 Å². The molecule has 0 aliphatic heterocycles. The van der Waals surface area contributed by atoms with Gasteiger partial charge in [-0.05, 0) is 56.7 Å². The fourth-order valence-corrected chi connectivity index (χ4v) is 4.38. The smallest absolute Gasteiger partial charge is 0.338 e. The van der Waals surface area contributed by atoms with Crippen LogP contribution in [0.15, 0.2) is 47.4 Å². The monoisotopic (exact) mass is 488 g/mol. The lowest BCUT2D eigenvalue weighted by atomic mass is 10.1. The Hall–Kier alpha value is -3.86. The first-order valence-corrected chi connectivity index (χ1v) is 11.8. The molecule has 0 saturated carbocycles. The van der Waals surface area contributed by atoms with E-state index < -0.39 is 43.7 Å². The number of ether oxygens (including phenoxy) is 1.